The van der Waals surface area contributed by atoms with E-state index < -0.39 is 0 Å². The van der Waals surface area contributed by atoms with Gasteiger partial charge in [-0.3, -0.25) is 4.79 Å². The van der Waals surface area contributed by atoms with E-state index in [1.807, 2.05) is 36.1 Å². The zero-order chi connectivity index (χ0) is 18.8. The van der Waals surface area contributed by atoms with Crippen LogP contribution in [0.15, 0.2) is 24.3 Å². The molecule has 1 saturated heterocycles. The minimum atomic E-state index is -0.0352. The molecule has 6 nitrogen and oxygen atoms in total. The number of halogens is 2. The minimum Gasteiger partial charge on any atom is -0.342 e. The summed E-state index contributed by atoms with van der Waals surface area (Å²) in [6.45, 7) is 6.31. The van der Waals surface area contributed by atoms with Gasteiger partial charge in [0.2, 0.25) is 5.91 Å². The lowest BCUT2D eigenvalue weighted by atomic mass is 9.93. The molecule has 2 aliphatic rings. The van der Waals surface area contributed by atoms with Crippen LogP contribution in [-0.4, -0.2) is 45.2 Å². The van der Waals surface area contributed by atoms with Gasteiger partial charge in [0.15, 0.2) is 0 Å². The van der Waals surface area contributed by atoms with E-state index in [1.54, 1.807) is 0 Å². The first-order valence-electron chi connectivity index (χ1n) is 9.77. The Morgan fingerprint density at radius 1 is 1.29 bits per heavy atom. The highest BCUT2D eigenvalue weighted by Gasteiger charge is 2.30. The van der Waals surface area contributed by atoms with Gasteiger partial charge in [0, 0.05) is 43.0 Å². The standard InChI is InChI=1S/C20H26ClN5O.ClH/c1-14(11-15-3-2-4-17(21)12-15)20(27)25-8-5-16(6-9-25)19-24-23-18-13-22-7-10-26(18)19;/h2-4,12,14,16,22H,5-11,13H2,1H3;1H. The molecule has 1 atom stereocenters. The van der Waals surface area contributed by atoms with Gasteiger partial charge in [-0.25, -0.2) is 0 Å². The van der Waals surface area contributed by atoms with E-state index in [9.17, 15) is 4.79 Å². The van der Waals surface area contributed by atoms with Crippen molar-refractivity contribution in [2.45, 2.75) is 45.2 Å². The third-order valence-corrected chi connectivity index (χ3v) is 5.91. The fourth-order valence-electron chi connectivity index (χ4n) is 4.19. The van der Waals surface area contributed by atoms with E-state index in [-0.39, 0.29) is 24.2 Å². The molecule has 0 spiro atoms. The molecule has 152 valence electrons. The average Bonchev–Trinajstić information content (AvgIpc) is 3.12. The molecule has 1 aromatic carbocycles. The monoisotopic (exact) mass is 423 g/mol. The molecule has 1 amide bonds. The van der Waals surface area contributed by atoms with Gasteiger partial charge in [0.05, 0.1) is 6.54 Å². The number of likely N-dealkylation sites (tertiary alicyclic amines) is 1. The molecule has 3 heterocycles. The predicted molar refractivity (Wildman–Crippen MR) is 112 cm³/mol. The summed E-state index contributed by atoms with van der Waals surface area (Å²) in [5, 5.41) is 12.8. The van der Waals surface area contributed by atoms with Crippen LogP contribution in [0.25, 0.3) is 0 Å². The lowest BCUT2D eigenvalue weighted by Gasteiger charge is -2.33. The molecule has 1 aromatic heterocycles. The maximum absolute atomic E-state index is 12.9. The van der Waals surface area contributed by atoms with E-state index >= 15 is 0 Å². The fourth-order valence-corrected chi connectivity index (χ4v) is 4.40. The maximum Gasteiger partial charge on any atom is 0.225 e. The van der Waals surface area contributed by atoms with Crippen molar-refractivity contribution in [3.63, 3.8) is 0 Å². The highest BCUT2D eigenvalue weighted by molar-refractivity contribution is 6.30. The van der Waals surface area contributed by atoms with Gasteiger partial charge in [-0.2, -0.15) is 0 Å². The Morgan fingerprint density at radius 3 is 2.82 bits per heavy atom. The van der Waals surface area contributed by atoms with Crippen LogP contribution in [0.5, 0.6) is 0 Å². The lowest BCUT2D eigenvalue weighted by molar-refractivity contribution is -0.136. The molecule has 4 rings (SSSR count). The summed E-state index contributed by atoms with van der Waals surface area (Å²) in [6, 6.07) is 7.78. The van der Waals surface area contributed by atoms with Gasteiger partial charge in [-0.05, 0) is 37.0 Å². The van der Waals surface area contributed by atoms with Gasteiger partial charge in [-0.15, -0.1) is 22.6 Å². The van der Waals surface area contributed by atoms with Crippen LogP contribution in [-0.2, 0) is 24.3 Å². The van der Waals surface area contributed by atoms with Gasteiger partial charge < -0.3 is 14.8 Å². The van der Waals surface area contributed by atoms with Crippen molar-refractivity contribution in [1.29, 1.82) is 0 Å². The molecular weight excluding hydrogens is 397 g/mol. The molecule has 0 bridgehead atoms. The normalized spacial score (nSPS) is 18.3. The number of fused-ring (bicyclic) bond motifs is 1. The molecule has 1 unspecified atom stereocenters. The minimum absolute atomic E-state index is 0. The molecule has 8 heteroatoms. The highest BCUT2D eigenvalue weighted by Crippen LogP contribution is 2.29. The van der Waals surface area contributed by atoms with Gasteiger partial charge in [-0.1, -0.05) is 30.7 Å². The molecule has 28 heavy (non-hydrogen) atoms. The summed E-state index contributed by atoms with van der Waals surface area (Å²) >= 11 is 6.06. The lowest BCUT2D eigenvalue weighted by Crippen LogP contribution is -2.41. The summed E-state index contributed by atoms with van der Waals surface area (Å²) in [6.07, 6.45) is 2.65. The van der Waals surface area contributed by atoms with E-state index in [0.717, 1.165) is 74.2 Å². The smallest absolute Gasteiger partial charge is 0.225 e. The van der Waals surface area contributed by atoms with Gasteiger partial charge in [0.1, 0.15) is 11.6 Å². The van der Waals surface area contributed by atoms with E-state index in [2.05, 4.69) is 20.1 Å². The second kappa shape index (κ2) is 9.25. The number of hydrogen-bond acceptors (Lipinski definition) is 4. The molecule has 0 radical (unpaired) electrons. The number of hydrogen-bond donors (Lipinski definition) is 1. The van der Waals surface area contributed by atoms with Crippen LogP contribution in [0.2, 0.25) is 5.02 Å². The molecule has 1 fully saturated rings. The number of nitrogens with one attached hydrogen (secondary N) is 1. The molecule has 0 saturated carbocycles. The number of carbonyl (C=O) groups excluding carboxylic acids is 1. The van der Waals surface area contributed by atoms with E-state index in [1.165, 1.54) is 0 Å². The molecule has 2 aliphatic heterocycles. The number of piperidine rings is 1. The van der Waals surface area contributed by atoms with Crippen LogP contribution < -0.4 is 5.32 Å². The summed E-state index contributed by atoms with van der Waals surface area (Å²) in [5.41, 5.74) is 1.11. The van der Waals surface area contributed by atoms with E-state index in [4.69, 9.17) is 11.6 Å². The number of nitrogens with zero attached hydrogens (tertiary/aromatic N) is 4. The number of benzene rings is 1. The number of carbonyl (C=O) groups is 1. The van der Waals surface area contributed by atoms with Crippen molar-refractivity contribution >= 4 is 29.9 Å². The Bertz CT molecular complexity index is 817. The van der Waals surface area contributed by atoms with Crippen molar-refractivity contribution in [2.75, 3.05) is 19.6 Å². The van der Waals surface area contributed by atoms with Crippen molar-refractivity contribution in [3.05, 3.63) is 46.5 Å². The molecule has 0 aliphatic carbocycles. The molecular formula is C20H27Cl2N5O. The maximum atomic E-state index is 12.9. The second-order valence-corrected chi connectivity index (χ2v) is 8.07. The van der Waals surface area contributed by atoms with Gasteiger partial charge in [0.25, 0.3) is 0 Å². The number of aromatic nitrogens is 3. The number of amides is 1. The van der Waals surface area contributed by atoms with Crippen LogP contribution in [0.1, 0.15) is 42.9 Å². The average molecular weight is 424 g/mol. The quantitative estimate of drug-likeness (QED) is 0.820. The highest BCUT2D eigenvalue weighted by atomic mass is 35.5. The van der Waals surface area contributed by atoms with Crippen LogP contribution in [0.3, 0.4) is 0 Å². The zero-order valence-corrected chi connectivity index (χ0v) is 17.7. The largest absolute Gasteiger partial charge is 0.342 e. The summed E-state index contributed by atoms with van der Waals surface area (Å²) in [7, 11) is 0. The summed E-state index contributed by atoms with van der Waals surface area (Å²) in [4.78, 5) is 14.9. The predicted octanol–water partition coefficient (Wildman–Crippen LogP) is 3.04. The SMILES string of the molecule is CC(Cc1cccc(Cl)c1)C(=O)N1CCC(c2nnc3n2CCNC3)CC1.Cl. The topological polar surface area (TPSA) is 63.1 Å². The Morgan fingerprint density at radius 2 is 2.07 bits per heavy atom. The Hall–Kier alpha value is -1.63. The van der Waals surface area contributed by atoms with Crippen molar-refractivity contribution in [3.8, 4) is 0 Å². The van der Waals surface area contributed by atoms with Crippen molar-refractivity contribution in [2.24, 2.45) is 5.92 Å². The Kier molecular flexibility index (Phi) is 6.96. The Labute approximate surface area is 177 Å². The third kappa shape index (κ3) is 4.50. The fraction of sp³-hybridized carbons (Fsp3) is 0.550. The molecule has 2 aromatic rings. The summed E-state index contributed by atoms with van der Waals surface area (Å²) in [5.74, 6) is 2.74. The first-order valence-corrected chi connectivity index (χ1v) is 10.2. The summed E-state index contributed by atoms with van der Waals surface area (Å²) < 4.78 is 2.26. The third-order valence-electron chi connectivity index (χ3n) is 5.68. The van der Waals surface area contributed by atoms with Crippen molar-refractivity contribution in [1.82, 2.24) is 25.0 Å². The van der Waals surface area contributed by atoms with Crippen molar-refractivity contribution < 1.29 is 4.79 Å². The first-order chi connectivity index (χ1) is 13.1. The van der Waals surface area contributed by atoms with Crippen LogP contribution >= 0.6 is 24.0 Å². The first kappa shape index (κ1) is 21.1. The number of rotatable bonds is 4. The van der Waals surface area contributed by atoms with E-state index in [0.29, 0.717) is 5.92 Å². The van der Waals surface area contributed by atoms with Crippen LogP contribution in [0.4, 0.5) is 0 Å². The molecule has 1 N–H and O–H groups in total. The Balaban J connectivity index is 0.00000225. The second-order valence-electron chi connectivity index (χ2n) is 7.64. The van der Waals surface area contributed by atoms with Crippen LogP contribution in [0, 0.1) is 5.92 Å². The zero-order valence-electron chi connectivity index (χ0n) is 16.1. The van der Waals surface area contributed by atoms with Gasteiger partial charge >= 0.3 is 0 Å².